The summed E-state index contributed by atoms with van der Waals surface area (Å²) in [7, 11) is 2.04. The van der Waals surface area contributed by atoms with Crippen LogP contribution in [0.5, 0.6) is 0 Å². The molecule has 0 saturated heterocycles. The summed E-state index contributed by atoms with van der Waals surface area (Å²) in [5.41, 5.74) is 1.27. The lowest BCUT2D eigenvalue weighted by atomic mass is 9.84. The third kappa shape index (κ3) is 2.65. The summed E-state index contributed by atoms with van der Waals surface area (Å²) in [6.45, 7) is 6.70. The smallest absolute Gasteiger partial charge is 0.0774 e. The predicted molar refractivity (Wildman–Crippen MR) is 78.0 cm³/mol. The van der Waals surface area contributed by atoms with Crippen LogP contribution in [0.4, 0.5) is 0 Å². The summed E-state index contributed by atoms with van der Waals surface area (Å²) >= 11 is 0. The number of hydrogen-bond acceptors (Lipinski definition) is 4. The largest absolute Gasteiger partial charge is 0.310 e. The van der Waals surface area contributed by atoms with E-state index in [-0.39, 0.29) is 11.6 Å². The highest BCUT2D eigenvalue weighted by atomic mass is 15.2. The van der Waals surface area contributed by atoms with E-state index < -0.39 is 0 Å². The first-order chi connectivity index (χ1) is 9.28. The SMILES string of the molecule is CCN(CC)C1(C(NC)c2cnccn2)CCCC1. The minimum atomic E-state index is 0.203. The highest BCUT2D eigenvalue weighted by molar-refractivity contribution is 5.14. The highest BCUT2D eigenvalue weighted by Crippen LogP contribution is 2.43. The topological polar surface area (TPSA) is 41.0 Å². The van der Waals surface area contributed by atoms with Crippen molar-refractivity contribution in [3.05, 3.63) is 24.3 Å². The molecular weight excluding hydrogens is 236 g/mol. The van der Waals surface area contributed by atoms with Crippen LogP contribution in [-0.2, 0) is 0 Å². The molecule has 2 rings (SSSR count). The molecule has 0 amide bonds. The highest BCUT2D eigenvalue weighted by Gasteiger charge is 2.45. The van der Waals surface area contributed by atoms with Crippen LogP contribution >= 0.6 is 0 Å². The Bertz CT molecular complexity index is 369. The summed E-state index contributed by atoms with van der Waals surface area (Å²) < 4.78 is 0. The first kappa shape index (κ1) is 14.4. The molecule has 106 valence electrons. The van der Waals surface area contributed by atoms with Crippen LogP contribution in [0, 0.1) is 0 Å². The van der Waals surface area contributed by atoms with E-state index in [1.165, 1.54) is 25.7 Å². The Hall–Kier alpha value is -1.00. The Labute approximate surface area is 116 Å². The lowest BCUT2D eigenvalue weighted by molar-refractivity contribution is 0.0639. The van der Waals surface area contributed by atoms with Crippen LogP contribution in [-0.4, -0.2) is 40.5 Å². The van der Waals surface area contributed by atoms with Crippen molar-refractivity contribution >= 4 is 0 Å². The first-order valence-corrected chi connectivity index (χ1v) is 7.46. The normalized spacial score (nSPS) is 19.8. The summed E-state index contributed by atoms with van der Waals surface area (Å²) in [5.74, 6) is 0. The zero-order valence-electron chi connectivity index (χ0n) is 12.4. The van der Waals surface area contributed by atoms with Gasteiger partial charge in [-0.15, -0.1) is 0 Å². The van der Waals surface area contributed by atoms with E-state index in [4.69, 9.17) is 0 Å². The van der Waals surface area contributed by atoms with E-state index in [9.17, 15) is 0 Å². The molecule has 1 aliphatic rings. The molecule has 1 saturated carbocycles. The number of hydrogen-bond donors (Lipinski definition) is 1. The molecule has 0 spiro atoms. The number of nitrogens with one attached hydrogen (secondary N) is 1. The number of likely N-dealkylation sites (N-methyl/N-ethyl adjacent to an activating group) is 2. The van der Waals surface area contributed by atoms with E-state index in [2.05, 4.69) is 34.0 Å². The van der Waals surface area contributed by atoms with E-state index in [1.807, 2.05) is 13.2 Å². The van der Waals surface area contributed by atoms with Gasteiger partial charge in [-0.25, -0.2) is 0 Å². The van der Waals surface area contributed by atoms with Gasteiger partial charge in [0.25, 0.3) is 0 Å². The number of rotatable bonds is 6. The molecule has 1 aliphatic carbocycles. The quantitative estimate of drug-likeness (QED) is 0.854. The minimum absolute atomic E-state index is 0.203. The molecule has 1 fully saturated rings. The first-order valence-electron chi connectivity index (χ1n) is 7.46. The van der Waals surface area contributed by atoms with Gasteiger partial charge in [-0.3, -0.25) is 14.9 Å². The Morgan fingerprint density at radius 2 is 1.95 bits per heavy atom. The summed E-state index contributed by atoms with van der Waals surface area (Å²) in [4.78, 5) is 11.4. The molecule has 1 N–H and O–H groups in total. The second-order valence-electron chi connectivity index (χ2n) is 5.33. The van der Waals surface area contributed by atoms with Crippen molar-refractivity contribution in [2.75, 3.05) is 20.1 Å². The van der Waals surface area contributed by atoms with E-state index in [0.717, 1.165) is 18.8 Å². The van der Waals surface area contributed by atoms with Gasteiger partial charge in [0.2, 0.25) is 0 Å². The summed E-state index contributed by atoms with van der Waals surface area (Å²) in [6.07, 6.45) is 10.6. The van der Waals surface area contributed by atoms with Crippen molar-refractivity contribution in [3.8, 4) is 0 Å². The van der Waals surface area contributed by atoms with Crippen molar-refractivity contribution in [2.45, 2.75) is 51.1 Å². The second-order valence-corrected chi connectivity index (χ2v) is 5.33. The standard InChI is InChI=1S/C15H26N4/c1-4-19(5-2)15(8-6-7-9-15)14(16-3)13-12-17-10-11-18-13/h10-12,14,16H,4-9H2,1-3H3. The van der Waals surface area contributed by atoms with Crippen molar-refractivity contribution in [3.63, 3.8) is 0 Å². The molecule has 0 aromatic carbocycles. The lowest BCUT2D eigenvalue weighted by Crippen LogP contribution is -2.54. The van der Waals surface area contributed by atoms with Crippen LogP contribution < -0.4 is 5.32 Å². The molecule has 1 aromatic heterocycles. The van der Waals surface area contributed by atoms with Crippen LogP contribution in [0.25, 0.3) is 0 Å². The van der Waals surface area contributed by atoms with Crippen LogP contribution in [0.3, 0.4) is 0 Å². The van der Waals surface area contributed by atoms with E-state index >= 15 is 0 Å². The van der Waals surface area contributed by atoms with Gasteiger partial charge in [-0.05, 0) is 33.0 Å². The third-order valence-electron chi connectivity index (χ3n) is 4.57. The van der Waals surface area contributed by atoms with Gasteiger partial charge in [-0.2, -0.15) is 0 Å². The summed E-state index contributed by atoms with van der Waals surface area (Å²) in [5, 5.41) is 3.51. The molecule has 1 aromatic rings. The molecule has 4 heteroatoms. The van der Waals surface area contributed by atoms with Crippen LogP contribution in [0.1, 0.15) is 51.3 Å². The molecule has 0 radical (unpaired) electrons. The number of nitrogens with zero attached hydrogens (tertiary/aromatic N) is 3. The fourth-order valence-corrected chi connectivity index (χ4v) is 3.78. The molecule has 0 aliphatic heterocycles. The molecule has 4 nitrogen and oxygen atoms in total. The zero-order valence-corrected chi connectivity index (χ0v) is 12.4. The molecular formula is C15H26N4. The third-order valence-corrected chi connectivity index (χ3v) is 4.57. The molecule has 1 atom stereocenters. The second kappa shape index (κ2) is 6.44. The maximum atomic E-state index is 4.54. The van der Waals surface area contributed by atoms with Crippen LogP contribution in [0.15, 0.2) is 18.6 Å². The maximum Gasteiger partial charge on any atom is 0.0774 e. The average molecular weight is 262 g/mol. The minimum Gasteiger partial charge on any atom is -0.310 e. The van der Waals surface area contributed by atoms with Gasteiger partial charge >= 0.3 is 0 Å². The van der Waals surface area contributed by atoms with Gasteiger partial charge in [0, 0.05) is 17.9 Å². The Morgan fingerprint density at radius 3 is 2.42 bits per heavy atom. The predicted octanol–water partition coefficient (Wildman–Crippen LogP) is 2.39. The maximum absolute atomic E-state index is 4.54. The van der Waals surface area contributed by atoms with E-state index in [0.29, 0.717) is 0 Å². The van der Waals surface area contributed by atoms with Gasteiger partial charge in [0.15, 0.2) is 0 Å². The molecule has 1 unspecified atom stereocenters. The van der Waals surface area contributed by atoms with Crippen molar-refractivity contribution in [1.82, 2.24) is 20.2 Å². The average Bonchev–Trinajstić information content (AvgIpc) is 2.92. The van der Waals surface area contributed by atoms with Gasteiger partial charge in [0.05, 0.1) is 17.9 Å². The van der Waals surface area contributed by atoms with Crippen LogP contribution in [0.2, 0.25) is 0 Å². The van der Waals surface area contributed by atoms with E-state index in [1.54, 1.807) is 12.4 Å². The monoisotopic (exact) mass is 262 g/mol. The van der Waals surface area contributed by atoms with Gasteiger partial charge in [-0.1, -0.05) is 26.7 Å². The molecule has 19 heavy (non-hydrogen) atoms. The fraction of sp³-hybridized carbons (Fsp3) is 0.733. The lowest BCUT2D eigenvalue weighted by Gasteiger charge is -2.45. The Kier molecular flexibility index (Phi) is 4.88. The van der Waals surface area contributed by atoms with Gasteiger partial charge < -0.3 is 5.32 Å². The van der Waals surface area contributed by atoms with Gasteiger partial charge in [0.1, 0.15) is 0 Å². The molecule has 0 bridgehead atoms. The number of aromatic nitrogens is 2. The fourth-order valence-electron chi connectivity index (χ4n) is 3.78. The molecule has 1 heterocycles. The Balaban J connectivity index is 2.36. The summed E-state index contributed by atoms with van der Waals surface area (Å²) in [6, 6.07) is 0.267. The van der Waals surface area contributed by atoms with Crippen molar-refractivity contribution in [1.29, 1.82) is 0 Å². The van der Waals surface area contributed by atoms with Crippen molar-refractivity contribution in [2.24, 2.45) is 0 Å². The Morgan fingerprint density at radius 1 is 1.26 bits per heavy atom. The zero-order chi connectivity index (χ0) is 13.7. The van der Waals surface area contributed by atoms with Crippen molar-refractivity contribution < 1.29 is 0 Å².